The number of nitrogens with two attached hydrogens (primary N) is 1. The third kappa shape index (κ3) is 2.02. The average Bonchev–Trinajstić information content (AvgIpc) is 2.09. The van der Waals surface area contributed by atoms with Gasteiger partial charge in [-0.2, -0.15) is 0 Å². The molecule has 12 heavy (non-hydrogen) atoms. The number of hydrogen-bond donors (Lipinski definition) is 1. The van der Waals surface area contributed by atoms with E-state index in [0.29, 0.717) is 6.54 Å². The Morgan fingerprint density at radius 1 is 1.42 bits per heavy atom. The number of ether oxygens (including phenoxy) is 1. The van der Waals surface area contributed by atoms with Crippen molar-refractivity contribution in [1.82, 2.24) is 0 Å². The van der Waals surface area contributed by atoms with Crippen molar-refractivity contribution in [3.05, 3.63) is 24.8 Å². The Bertz CT molecular complexity index is 289. The van der Waals surface area contributed by atoms with Crippen molar-refractivity contribution in [3.8, 4) is 5.75 Å². The maximum atomic E-state index is 5.56. The first-order chi connectivity index (χ1) is 5.70. The van der Waals surface area contributed by atoms with Gasteiger partial charge in [0.05, 0.1) is 10.7 Å². The van der Waals surface area contributed by atoms with Crippen molar-refractivity contribution < 1.29 is 4.74 Å². The van der Waals surface area contributed by atoms with Crippen LogP contribution in [0.1, 0.15) is 5.56 Å². The van der Waals surface area contributed by atoms with Gasteiger partial charge in [0.1, 0.15) is 5.75 Å². The zero-order valence-corrected chi connectivity index (χ0v) is 10.9. The van der Waals surface area contributed by atoms with Gasteiger partial charge in [0.15, 0.2) is 0 Å². The SMILES string of the molecule is COc1c(CN)ccc(I)c1I. The van der Waals surface area contributed by atoms with Crippen molar-refractivity contribution in [3.63, 3.8) is 0 Å². The van der Waals surface area contributed by atoms with Crippen LogP contribution >= 0.6 is 45.2 Å². The van der Waals surface area contributed by atoms with Crippen LogP contribution in [-0.4, -0.2) is 7.11 Å². The van der Waals surface area contributed by atoms with Gasteiger partial charge < -0.3 is 10.5 Å². The van der Waals surface area contributed by atoms with Crippen LogP contribution in [0.2, 0.25) is 0 Å². The summed E-state index contributed by atoms with van der Waals surface area (Å²) in [6, 6.07) is 4.05. The Kier molecular flexibility index (Phi) is 4.04. The molecule has 0 unspecified atom stereocenters. The zero-order valence-electron chi connectivity index (χ0n) is 6.60. The second-order valence-electron chi connectivity index (χ2n) is 2.26. The maximum absolute atomic E-state index is 5.56. The first-order valence-corrected chi connectivity index (χ1v) is 5.57. The van der Waals surface area contributed by atoms with Gasteiger partial charge in [-0.3, -0.25) is 0 Å². The van der Waals surface area contributed by atoms with Crippen molar-refractivity contribution in [2.75, 3.05) is 7.11 Å². The van der Waals surface area contributed by atoms with Crippen molar-refractivity contribution in [2.45, 2.75) is 6.54 Å². The molecule has 0 saturated heterocycles. The van der Waals surface area contributed by atoms with Crippen LogP contribution in [-0.2, 0) is 6.54 Å². The van der Waals surface area contributed by atoms with Crippen molar-refractivity contribution in [2.24, 2.45) is 5.73 Å². The lowest BCUT2D eigenvalue weighted by molar-refractivity contribution is 0.406. The Morgan fingerprint density at radius 3 is 2.58 bits per heavy atom. The summed E-state index contributed by atoms with van der Waals surface area (Å²) in [5.74, 6) is 0.907. The minimum atomic E-state index is 0.524. The Morgan fingerprint density at radius 2 is 2.08 bits per heavy atom. The van der Waals surface area contributed by atoms with Crippen LogP contribution in [0.3, 0.4) is 0 Å². The fraction of sp³-hybridized carbons (Fsp3) is 0.250. The zero-order chi connectivity index (χ0) is 9.14. The molecular weight excluding hydrogens is 380 g/mol. The minimum Gasteiger partial charge on any atom is -0.495 e. The molecule has 1 rings (SSSR count). The average molecular weight is 389 g/mol. The number of hydrogen-bond acceptors (Lipinski definition) is 2. The predicted octanol–water partition coefficient (Wildman–Crippen LogP) is 2.36. The van der Waals surface area contributed by atoms with Gasteiger partial charge in [-0.1, -0.05) is 6.07 Å². The van der Waals surface area contributed by atoms with Gasteiger partial charge >= 0.3 is 0 Å². The van der Waals surface area contributed by atoms with Gasteiger partial charge in [-0.05, 0) is 51.2 Å². The largest absolute Gasteiger partial charge is 0.495 e. The Hall–Kier alpha value is 0.440. The second-order valence-corrected chi connectivity index (χ2v) is 4.50. The van der Waals surface area contributed by atoms with E-state index >= 15 is 0 Å². The fourth-order valence-electron chi connectivity index (χ4n) is 0.953. The van der Waals surface area contributed by atoms with E-state index in [-0.39, 0.29) is 0 Å². The van der Waals surface area contributed by atoms with Crippen molar-refractivity contribution >= 4 is 45.2 Å². The summed E-state index contributed by atoms with van der Waals surface area (Å²) in [6.07, 6.45) is 0. The molecule has 0 spiro atoms. The van der Waals surface area contributed by atoms with Crippen LogP contribution in [0, 0.1) is 7.14 Å². The first-order valence-electron chi connectivity index (χ1n) is 3.41. The first kappa shape index (κ1) is 10.5. The number of benzene rings is 1. The molecule has 1 aromatic rings. The molecule has 0 radical (unpaired) electrons. The highest BCUT2D eigenvalue weighted by Gasteiger charge is 2.08. The van der Waals surface area contributed by atoms with E-state index in [1.807, 2.05) is 12.1 Å². The lowest BCUT2D eigenvalue weighted by Crippen LogP contribution is -2.02. The van der Waals surface area contributed by atoms with Crippen LogP contribution in [0.25, 0.3) is 0 Å². The molecule has 2 nitrogen and oxygen atoms in total. The van der Waals surface area contributed by atoms with Crippen LogP contribution in [0.15, 0.2) is 12.1 Å². The van der Waals surface area contributed by atoms with Gasteiger partial charge in [-0.25, -0.2) is 0 Å². The van der Waals surface area contributed by atoms with E-state index in [9.17, 15) is 0 Å². The minimum absolute atomic E-state index is 0.524. The summed E-state index contributed by atoms with van der Waals surface area (Å²) >= 11 is 4.54. The van der Waals surface area contributed by atoms with E-state index in [1.54, 1.807) is 7.11 Å². The molecule has 0 fully saturated rings. The van der Waals surface area contributed by atoms with E-state index in [2.05, 4.69) is 45.2 Å². The highest BCUT2D eigenvalue weighted by Crippen LogP contribution is 2.29. The molecule has 0 aliphatic rings. The molecule has 0 bridgehead atoms. The summed E-state index contributed by atoms with van der Waals surface area (Å²) < 4.78 is 7.59. The number of methoxy groups -OCH3 is 1. The summed E-state index contributed by atoms with van der Waals surface area (Å²) in [4.78, 5) is 0. The topological polar surface area (TPSA) is 35.2 Å². The summed E-state index contributed by atoms with van der Waals surface area (Å²) in [5, 5.41) is 0. The molecule has 4 heteroatoms. The molecule has 0 amide bonds. The molecule has 0 aliphatic carbocycles. The summed E-state index contributed by atoms with van der Waals surface area (Å²) in [7, 11) is 1.67. The summed E-state index contributed by atoms with van der Waals surface area (Å²) in [5.41, 5.74) is 6.62. The molecule has 0 aliphatic heterocycles. The van der Waals surface area contributed by atoms with Crippen LogP contribution in [0.5, 0.6) is 5.75 Å². The third-order valence-corrected chi connectivity index (χ3v) is 4.56. The highest BCUT2D eigenvalue weighted by atomic mass is 127. The molecule has 66 valence electrons. The van der Waals surface area contributed by atoms with E-state index < -0.39 is 0 Å². The number of halogens is 2. The highest BCUT2D eigenvalue weighted by molar-refractivity contribution is 14.1. The molecule has 0 heterocycles. The molecule has 0 atom stereocenters. The Balaban J connectivity index is 3.25. The smallest absolute Gasteiger partial charge is 0.137 e. The summed E-state index contributed by atoms with van der Waals surface area (Å²) in [6.45, 7) is 0.524. The molecular formula is C8H9I2NO. The third-order valence-electron chi connectivity index (χ3n) is 1.56. The van der Waals surface area contributed by atoms with E-state index in [1.165, 1.54) is 3.57 Å². The lowest BCUT2D eigenvalue weighted by atomic mass is 10.2. The monoisotopic (exact) mass is 389 g/mol. The normalized spacial score (nSPS) is 10.0. The lowest BCUT2D eigenvalue weighted by Gasteiger charge is -2.09. The molecule has 1 aromatic carbocycles. The van der Waals surface area contributed by atoms with E-state index in [0.717, 1.165) is 14.9 Å². The van der Waals surface area contributed by atoms with Gasteiger partial charge in [0.25, 0.3) is 0 Å². The van der Waals surface area contributed by atoms with Gasteiger partial charge in [0.2, 0.25) is 0 Å². The van der Waals surface area contributed by atoms with E-state index in [4.69, 9.17) is 10.5 Å². The van der Waals surface area contributed by atoms with Crippen LogP contribution in [0.4, 0.5) is 0 Å². The van der Waals surface area contributed by atoms with Crippen molar-refractivity contribution in [1.29, 1.82) is 0 Å². The van der Waals surface area contributed by atoms with Crippen LogP contribution < -0.4 is 10.5 Å². The second kappa shape index (κ2) is 4.61. The predicted molar refractivity (Wildman–Crippen MR) is 66.3 cm³/mol. The quantitative estimate of drug-likeness (QED) is 0.789. The number of rotatable bonds is 2. The van der Waals surface area contributed by atoms with Gasteiger partial charge in [-0.15, -0.1) is 0 Å². The Labute approximate surface area is 99.1 Å². The molecule has 0 aromatic heterocycles. The maximum Gasteiger partial charge on any atom is 0.137 e. The fourth-order valence-corrected chi connectivity index (χ4v) is 2.12. The standard InChI is InChI=1S/C8H9I2NO/c1-12-8-5(4-11)2-3-6(9)7(8)10/h2-3H,4,11H2,1H3. The molecule has 0 saturated carbocycles. The molecule has 2 N–H and O–H groups in total. The van der Waals surface area contributed by atoms with Gasteiger partial charge in [0, 0.05) is 15.7 Å².